The molecule has 0 unspecified atom stereocenters. The first-order valence-corrected chi connectivity index (χ1v) is 12.0. The van der Waals surface area contributed by atoms with Gasteiger partial charge in [0.1, 0.15) is 11.5 Å². The summed E-state index contributed by atoms with van der Waals surface area (Å²) in [5.41, 5.74) is 0.993. The average Bonchev–Trinajstić information content (AvgIpc) is 2.90. The summed E-state index contributed by atoms with van der Waals surface area (Å²) >= 11 is 0. The van der Waals surface area contributed by atoms with E-state index in [-0.39, 0.29) is 47.5 Å². The van der Waals surface area contributed by atoms with Crippen LogP contribution < -0.4 is 20.9 Å². The molecule has 1 saturated heterocycles. The van der Waals surface area contributed by atoms with E-state index >= 15 is 4.39 Å². The number of carbonyl (C=O) groups excluding carboxylic acids is 2. The summed E-state index contributed by atoms with van der Waals surface area (Å²) in [6.07, 6.45) is 2.87. The number of benzene rings is 2. The van der Waals surface area contributed by atoms with Crippen molar-refractivity contribution in [1.29, 1.82) is 0 Å². The van der Waals surface area contributed by atoms with E-state index in [1.54, 1.807) is 29.3 Å². The number of anilines is 3. The van der Waals surface area contributed by atoms with Crippen LogP contribution >= 0.6 is 24.8 Å². The molecule has 0 atom stereocenters. The fraction of sp³-hybridized carbons (Fsp3) is 0.296. The number of aromatic nitrogens is 1. The lowest BCUT2D eigenvalue weighted by atomic mass is 10.0. The molecule has 1 fully saturated rings. The monoisotopic (exact) mass is 583 g/mol. The van der Waals surface area contributed by atoms with Gasteiger partial charge < -0.3 is 20.9 Å². The Morgan fingerprint density at radius 3 is 2.28 bits per heavy atom. The highest BCUT2D eigenvalue weighted by molar-refractivity contribution is 6.04. The number of nitrogens with one attached hydrogen (secondary N) is 3. The second kappa shape index (κ2) is 14.2. The third kappa shape index (κ3) is 7.62. The highest BCUT2D eigenvalue weighted by Crippen LogP contribution is 2.35. The van der Waals surface area contributed by atoms with Crippen molar-refractivity contribution in [2.75, 3.05) is 41.7 Å². The van der Waals surface area contributed by atoms with Crippen LogP contribution in [0.4, 0.5) is 30.4 Å². The summed E-state index contributed by atoms with van der Waals surface area (Å²) in [6, 6.07) is 10.2. The Kier molecular flexibility index (Phi) is 11.6. The molecule has 1 aliphatic rings. The molecule has 0 bridgehead atoms. The van der Waals surface area contributed by atoms with Crippen LogP contribution in [-0.2, 0) is 17.6 Å². The average molecular weight is 584 g/mol. The molecule has 0 spiro atoms. The maximum absolute atomic E-state index is 15.1. The zero-order chi connectivity index (χ0) is 26.5. The van der Waals surface area contributed by atoms with E-state index < -0.39 is 29.0 Å². The smallest absolute Gasteiger partial charge is 0.255 e. The summed E-state index contributed by atoms with van der Waals surface area (Å²) in [5.74, 6) is -4.08. The van der Waals surface area contributed by atoms with E-state index in [0.717, 1.165) is 11.1 Å². The van der Waals surface area contributed by atoms with Crippen LogP contribution in [0, 0.1) is 24.4 Å². The number of rotatable bonds is 7. The second-order valence-corrected chi connectivity index (χ2v) is 8.91. The van der Waals surface area contributed by atoms with Crippen molar-refractivity contribution in [3.8, 4) is 0 Å². The fourth-order valence-corrected chi connectivity index (χ4v) is 4.31. The molecule has 0 aliphatic carbocycles. The van der Waals surface area contributed by atoms with Crippen LogP contribution in [0.3, 0.4) is 0 Å². The number of halogens is 5. The first-order chi connectivity index (χ1) is 17.7. The van der Waals surface area contributed by atoms with Gasteiger partial charge in [0.25, 0.3) is 5.91 Å². The van der Waals surface area contributed by atoms with Crippen molar-refractivity contribution in [2.24, 2.45) is 0 Å². The fourth-order valence-electron chi connectivity index (χ4n) is 4.31. The molecule has 3 N–H and O–H groups in total. The number of amides is 2. The van der Waals surface area contributed by atoms with Gasteiger partial charge in [-0.15, -0.1) is 24.8 Å². The standard InChI is InChI=1S/C27H28F3N5O2.2ClH/c1-16-22(28)25(23(29)24(30)26(16)35-12-10-31-11-13-35)34-27(37)20-5-3-4-18(14-20)6-7-19-8-9-21(32-15-19)33-17(2)36;;/h3-5,8-9,14-15,31H,6-7,10-13H2,1-2H3,(H,34,37)(H,32,33,36);2*1H. The van der Waals surface area contributed by atoms with Gasteiger partial charge in [-0.2, -0.15) is 0 Å². The first-order valence-electron chi connectivity index (χ1n) is 12.0. The van der Waals surface area contributed by atoms with E-state index in [1.165, 1.54) is 19.9 Å². The summed E-state index contributed by atoms with van der Waals surface area (Å²) in [7, 11) is 0. The zero-order valence-corrected chi connectivity index (χ0v) is 23.1. The SMILES string of the molecule is CC(=O)Nc1ccc(CCc2cccc(C(=O)Nc3c(F)c(C)c(N4CCNCC4)c(F)c3F)c2)cn1.Cl.Cl. The van der Waals surface area contributed by atoms with Gasteiger partial charge in [0.15, 0.2) is 17.5 Å². The molecule has 210 valence electrons. The lowest BCUT2D eigenvalue weighted by molar-refractivity contribution is -0.114. The number of nitrogens with zero attached hydrogens (tertiary/aromatic N) is 2. The largest absolute Gasteiger partial charge is 0.366 e. The van der Waals surface area contributed by atoms with E-state index in [9.17, 15) is 18.4 Å². The molecular weight excluding hydrogens is 554 g/mol. The van der Waals surface area contributed by atoms with Gasteiger partial charge in [0, 0.05) is 50.4 Å². The van der Waals surface area contributed by atoms with E-state index in [4.69, 9.17) is 0 Å². The molecule has 1 aliphatic heterocycles. The lowest BCUT2D eigenvalue weighted by Crippen LogP contribution is -2.44. The number of hydrogen-bond acceptors (Lipinski definition) is 5. The quantitative estimate of drug-likeness (QED) is 0.339. The summed E-state index contributed by atoms with van der Waals surface area (Å²) in [4.78, 5) is 29.8. The Bertz CT molecular complexity index is 1290. The maximum atomic E-state index is 15.1. The number of pyridine rings is 1. The Balaban J connectivity index is 0.00000267. The van der Waals surface area contributed by atoms with Crippen molar-refractivity contribution >= 4 is 53.8 Å². The number of hydrogen-bond donors (Lipinski definition) is 3. The van der Waals surface area contributed by atoms with Crippen LogP contribution in [0.15, 0.2) is 42.6 Å². The van der Waals surface area contributed by atoms with Gasteiger partial charge >= 0.3 is 0 Å². The van der Waals surface area contributed by atoms with Gasteiger partial charge in [0.2, 0.25) is 5.91 Å². The molecular formula is C27H30Cl2F3N5O2. The molecule has 1 aromatic heterocycles. The molecule has 0 radical (unpaired) electrons. The normalized spacial score (nSPS) is 12.7. The zero-order valence-electron chi connectivity index (χ0n) is 21.4. The third-order valence-corrected chi connectivity index (χ3v) is 6.22. The summed E-state index contributed by atoms with van der Waals surface area (Å²) < 4.78 is 45.0. The molecule has 7 nitrogen and oxygen atoms in total. The van der Waals surface area contributed by atoms with E-state index in [0.29, 0.717) is 44.8 Å². The molecule has 39 heavy (non-hydrogen) atoms. The van der Waals surface area contributed by atoms with Crippen LogP contribution in [0.2, 0.25) is 0 Å². The van der Waals surface area contributed by atoms with E-state index in [2.05, 4.69) is 20.9 Å². The highest BCUT2D eigenvalue weighted by atomic mass is 35.5. The van der Waals surface area contributed by atoms with E-state index in [1.807, 2.05) is 12.1 Å². The second-order valence-electron chi connectivity index (χ2n) is 8.91. The van der Waals surface area contributed by atoms with Crippen molar-refractivity contribution in [2.45, 2.75) is 26.7 Å². The lowest BCUT2D eigenvalue weighted by Gasteiger charge is -2.31. The van der Waals surface area contributed by atoms with Crippen molar-refractivity contribution in [3.05, 3.63) is 82.3 Å². The van der Waals surface area contributed by atoms with Crippen molar-refractivity contribution in [3.63, 3.8) is 0 Å². The van der Waals surface area contributed by atoms with Gasteiger partial charge in [-0.25, -0.2) is 18.2 Å². The van der Waals surface area contributed by atoms with Crippen LogP contribution in [0.25, 0.3) is 0 Å². The summed E-state index contributed by atoms with van der Waals surface area (Å²) in [5, 5.41) is 7.94. The van der Waals surface area contributed by atoms with Gasteiger partial charge in [-0.1, -0.05) is 18.2 Å². The van der Waals surface area contributed by atoms with Crippen LogP contribution in [0.5, 0.6) is 0 Å². The molecule has 2 amide bonds. The Morgan fingerprint density at radius 2 is 1.64 bits per heavy atom. The topological polar surface area (TPSA) is 86.4 Å². The number of piperazine rings is 1. The summed E-state index contributed by atoms with van der Waals surface area (Å²) in [6.45, 7) is 4.78. The Hall–Kier alpha value is -3.34. The predicted octanol–water partition coefficient (Wildman–Crippen LogP) is 5.06. The first kappa shape index (κ1) is 31.9. The van der Waals surface area contributed by atoms with Crippen LogP contribution in [0.1, 0.15) is 34.0 Å². The molecule has 2 heterocycles. The van der Waals surface area contributed by atoms with Crippen molar-refractivity contribution in [1.82, 2.24) is 10.3 Å². The maximum Gasteiger partial charge on any atom is 0.255 e. The molecule has 12 heteroatoms. The third-order valence-electron chi connectivity index (χ3n) is 6.22. The minimum atomic E-state index is -1.42. The molecule has 0 saturated carbocycles. The Morgan fingerprint density at radius 1 is 0.949 bits per heavy atom. The number of aryl methyl sites for hydroxylation is 2. The Labute approximate surface area is 237 Å². The molecule has 4 rings (SSSR count). The minimum absolute atomic E-state index is 0. The molecule has 3 aromatic rings. The number of carbonyl (C=O) groups is 2. The minimum Gasteiger partial charge on any atom is -0.366 e. The van der Waals surface area contributed by atoms with Gasteiger partial charge in [0.05, 0.1) is 5.69 Å². The van der Waals surface area contributed by atoms with Crippen LogP contribution in [-0.4, -0.2) is 43.0 Å². The highest BCUT2D eigenvalue weighted by Gasteiger charge is 2.28. The predicted molar refractivity (Wildman–Crippen MR) is 151 cm³/mol. The molecule has 2 aromatic carbocycles. The van der Waals surface area contributed by atoms with Gasteiger partial charge in [-0.3, -0.25) is 9.59 Å². The van der Waals surface area contributed by atoms with Crippen molar-refractivity contribution < 1.29 is 22.8 Å². The van der Waals surface area contributed by atoms with Gasteiger partial charge in [-0.05, 0) is 49.1 Å².